The largest absolute Gasteiger partial charge is 0.355 e. The maximum atomic E-state index is 3.62. The molecule has 0 fully saturated rings. The van der Waals surface area contributed by atoms with E-state index in [2.05, 4.69) is 80.7 Å². The highest BCUT2D eigenvalue weighted by Gasteiger charge is 2.34. The standard InChI is InChI=1S/C28H35N/c1-4-6-14-28(15-7-5-2)16-13-22-18-23-19-27(29-24-11-9-8-10-12-24)21(3)17-25(23)26(22)20-28/h8-13,16-17,19,29H,4-7,14-15,18,20H2,1-3H3. The molecule has 2 aromatic rings. The zero-order chi connectivity index (χ0) is 20.3. The Morgan fingerprint density at radius 2 is 1.69 bits per heavy atom. The van der Waals surface area contributed by atoms with E-state index in [0.717, 1.165) is 12.1 Å². The number of unbranched alkanes of at least 4 members (excludes halogenated alkanes) is 2. The first-order valence-corrected chi connectivity index (χ1v) is 11.5. The van der Waals surface area contributed by atoms with Gasteiger partial charge in [0.1, 0.15) is 0 Å². The van der Waals surface area contributed by atoms with E-state index in [1.165, 1.54) is 67.3 Å². The molecule has 0 radical (unpaired) electrons. The van der Waals surface area contributed by atoms with Gasteiger partial charge in [-0.15, -0.1) is 0 Å². The first-order chi connectivity index (χ1) is 14.1. The highest BCUT2D eigenvalue weighted by atomic mass is 14.9. The average Bonchev–Trinajstić information content (AvgIpc) is 3.08. The van der Waals surface area contributed by atoms with Gasteiger partial charge in [0.15, 0.2) is 0 Å². The number of para-hydroxylation sites is 1. The summed E-state index contributed by atoms with van der Waals surface area (Å²) in [6.45, 7) is 6.88. The number of nitrogens with one attached hydrogen (secondary N) is 1. The summed E-state index contributed by atoms with van der Waals surface area (Å²) in [4.78, 5) is 0. The van der Waals surface area contributed by atoms with E-state index in [1.807, 2.05) is 0 Å². The molecule has 4 rings (SSSR count). The van der Waals surface area contributed by atoms with E-state index in [9.17, 15) is 0 Å². The van der Waals surface area contributed by atoms with E-state index < -0.39 is 0 Å². The fraction of sp³-hybridized carbons (Fsp3) is 0.429. The lowest BCUT2D eigenvalue weighted by molar-refractivity contribution is 0.308. The van der Waals surface area contributed by atoms with Crippen molar-refractivity contribution in [1.29, 1.82) is 0 Å². The first-order valence-electron chi connectivity index (χ1n) is 11.5. The second-order valence-corrected chi connectivity index (χ2v) is 9.08. The number of anilines is 2. The van der Waals surface area contributed by atoms with Crippen molar-refractivity contribution in [1.82, 2.24) is 0 Å². The van der Waals surface area contributed by atoms with E-state index in [4.69, 9.17) is 0 Å². The van der Waals surface area contributed by atoms with Crippen LogP contribution in [0.5, 0.6) is 0 Å². The topological polar surface area (TPSA) is 12.0 Å². The lowest BCUT2D eigenvalue weighted by atomic mass is 9.70. The minimum atomic E-state index is 0.376. The molecule has 2 aromatic carbocycles. The highest BCUT2D eigenvalue weighted by Crippen LogP contribution is 2.50. The lowest BCUT2D eigenvalue weighted by Crippen LogP contribution is -2.21. The van der Waals surface area contributed by atoms with Crippen molar-refractivity contribution >= 4 is 16.9 Å². The molecule has 1 N–H and O–H groups in total. The van der Waals surface area contributed by atoms with Gasteiger partial charge < -0.3 is 5.32 Å². The smallest absolute Gasteiger partial charge is 0.0417 e. The van der Waals surface area contributed by atoms with Gasteiger partial charge in [-0.3, -0.25) is 0 Å². The zero-order valence-corrected chi connectivity index (χ0v) is 18.4. The first kappa shape index (κ1) is 20.0. The number of allylic oxidation sites excluding steroid dienone is 4. The maximum absolute atomic E-state index is 3.62. The van der Waals surface area contributed by atoms with Crippen LogP contribution in [0.1, 0.15) is 75.5 Å². The molecule has 1 heteroatoms. The van der Waals surface area contributed by atoms with Crippen LogP contribution < -0.4 is 5.32 Å². The Morgan fingerprint density at radius 3 is 2.38 bits per heavy atom. The van der Waals surface area contributed by atoms with Crippen LogP contribution in [0.25, 0.3) is 5.57 Å². The van der Waals surface area contributed by atoms with Crippen LogP contribution in [0.4, 0.5) is 11.4 Å². The van der Waals surface area contributed by atoms with Gasteiger partial charge in [0, 0.05) is 11.4 Å². The molecule has 0 aromatic heterocycles. The number of aryl methyl sites for hydroxylation is 1. The number of benzene rings is 2. The molecule has 0 saturated heterocycles. The maximum Gasteiger partial charge on any atom is 0.0417 e. The van der Waals surface area contributed by atoms with Crippen LogP contribution in [-0.2, 0) is 6.42 Å². The second kappa shape index (κ2) is 8.61. The minimum Gasteiger partial charge on any atom is -0.355 e. The molecule has 2 aliphatic rings. The Kier molecular flexibility index (Phi) is 5.94. The van der Waals surface area contributed by atoms with Crippen LogP contribution in [0.15, 0.2) is 60.2 Å². The van der Waals surface area contributed by atoms with Crippen molar-refractivity contribution in [2.45, 2.75) is 72.1 Å². The van der Waals surface area contributed by atoms with Gasteiger partial charge in [0.25, 0.3) is 0 Å². The average molecular weight is 386 g/mol. The quantitative estimate of drug-likeness (QED) is 0.481. The van der Waals surface area contributed by atoms with Crippen LogP contribution in [0.2, 0.25) is 0 Å². The van der Waals surface area contributed by atoms with Crippen LogP contribution >= 0.6 is 0 Å². The predicted molar refractivity (Wildman–Crippen MR) is 127 cm³/mol. The summed E-state index contributed by atoms with van der Waals surface area (Å²) in [6.07, 6.45) is 15.3. The molecule has 0 atom stereocenters. The predicted octanol–water partition coefficient (Wildman–Crippen LogP) is 8.38. The summed E-state index contributed by atoms with van der Waals surface area (Å²) in [5.41, 5.74) is 10.3. The number of hydrogen-bond acceptors (Lipinski definition) is 1. The number of hydrogen-bond donors (Lipinski definition) is 1. The Hall–Kier alpha value is -2.28. The summed E-state index contributed by atoms with van der Waals surface area (Å²) >= 11 is 0. The molecular formula is C28H35N. The molecule has 152 valence electrons. The molecule has 0 saturated carbocycles. The Morgan fingerprint density at radius 1 is 0.966 bits per heavy atom. The van der Waals surface area contributed by atoms with Crippen LogP contribution in [0, 0.1) is 12.3 Å². The van der Waals surface area contributed by atoms with E-state index in [1.54, 1.807) is 11.1 Å². The van der Waals surface area contributed by atoms with Crippen LogP contribution in [-0.4, -0.2) is 0 Å². The summed E-state index contributed by atoms with van der Waals surface area (Å²) in [7, 11) is 0. The molecule has 2 aliphatic carbocycles. The van der Waals surface area contributed by atoms with E-state index in [0.29, 0.717) is 5.41 Å². The third kappa shape index (κ3) is 4.20. The zero-order valence-electron chi connectivity index (χ0n) is 18.4. The highest BCUT2D eigenvalue weighted by molar-refractivity contribution is 5.83. The summed E-state index contributed by atoms with van der Waals surface area (Å²) < 4.78 is 0. The summed E-state index contributed by atoms with van der Waals surface area (Å²) in [6, 6.07) is 15.3. The molecule has 0 spiro atoms. The molecule has 0 bridgehead atoms. The molecule has 29 heavy (non-hydrogen) atoms. The van der Waals surface area contributed by atoms with Crippen LogP contribution in [0.3, 0.4) is 0 Å². The minimum absolute atomic E-state index is 0.376. The lowest BCUT2D eigenvalue weighted by Gasteiger charge is -2.35. The number of fused-ring (bicyclic) bond motifs is 2. The Labute approximate surface area is 176 Å². The third-order valence-electron chi connectivity index (χ3n) is 6.82. The number of rotatable bonds is 8. The van der Waals surface area contributed by atoms with Crippen molar-refractivity contribution in [2.24, 2.45) is 5.41 Å². The second-order valence-electron chi connectivity index (χ2n) is 9.08. The normalized spacial score (nSPS) is 16.7. The van der Waals surface area contributed by atoms with Gasteiger partial charge in [-0.2, -0.15) is 0 Å². The van der Waals surface area contributed by atoms with Crippen molar-refractivity contribution in [3.63, 3.8) is 0 Å². The molecule has 0 heterocycles. The van der Waals surface area contributed by atoms with Gasteiger partial charge in [0.2, 0.25) is 0 Å². The molecule has 0 unspecified atom stereocenters. The van der Waals surface area contributed by atoms with Gasteiger partial charge in [-0.1, -0.05) is 69.9 Å². The fourth-order valence-corrected chi connectivity index (χ4v) is 5.06. The van der Waals surface area contributed by atoms with Gasteiger partial charge in [-0.25, -0.2) is 0 Å². The summed E-state index contributed by atoms with van der Waals surface area (Å²) in [5.74, 6) is 0. The van der Waals surface area contributed by atoms with E-state index in [-0.39, 0.29) is 0 Å². The van der Waals surface area contributed by atoms with Crippen molar-refractivity contribution in [2.75, 3.05) is 5.32 Å². The Bertz CT molecular complexity index is 909. The molecule has 0 aliphatic heterocycles. The van der Waals surface area contributed by atoms with E-state index >= 15 is 0 Å². The van der Waals surface area contributed by atoms with Gasteiger partial charge >= 0.3 is 0 Å². The third-order valence-corrected chi connectivity index (χ3v) is 6.82. The van der Waals surface area contributed by atoms with Gasteiger partial charge in [0.05, 0.1) is 0 Å². The van der Waals surface area contributed by atoms with Crippen molar-refractivity contribution in [3.8, 4) is 0 Å². The summed E-state index contributed by atoms with van der Waals surface area (Å²) in [5, 5.41) is 3.62. The monoisotopic (exact) mass is 385 g/mol. The molecule has 1 nitrogen and oxygen atoms in total. The fourth-order valence-electron chi connectivity index (χ4n) is 5.06. The van der Waals surface area contributed by atoms with Gasteiger partial charge in [-0.05, 0) is 90.1 Å². The Balaban J connectivity index is 1.60. The SMILES string of the molecule is CCCCC1(CCCC)C=CC2=C(C1)c1cc(C)c(Nc3ccccc3)cc1C2. The molecule has 0 amide bonds. The molecular weight excluding hydrogens is 350 g/mol. The van der Waals surface area contributed by atoms with Crippen molar-refractivity contribution in [3.05, 3.63) is 76.9 Å². The van der Waals surface area contributed by atoms with Crippen molar-refractivity contribution < 1.29 is 0 Å².